The Kier molecular flexibility index (Phi) is 7.12. The van der Waals surface area contributed by atoms with Gasteiger partial charge in [-0.2, -0.15) is 4.31 Å². The average molecular weight is 488 g/mol. The number of rotatable bonds is 8. The van der Waals surface area contributed by atoms with Crippen molar-refractivity contribution >= 4 is 32.0 Å². The second-order valence-electron chi connectivity index (χ2n) is 9.28. The molecule has 1 unspecified atom stereocenters. The first-order chi connectivity index (χ1) is 16.5. The molecule has 2 aliphatic heterocycles. The highest BCUT2D eigenvalue weighted by Crippen LogP contribution is 2.35. The summed E-state index contributed by atoms with van der Waals surface area (Å²) in [7, 11) is -1.72. The molecule has 5 heterocycles. The Balaban J connectivity index is 1.22. The summed E-state index contributed by atoms with van der Waals surface area (Å²) in [5, 5.41) is 2.26. The van der Waals surface area contributed by atoms with Crippen LogP contribution in [0.5, 0.6) is 0 Å². The summed E-state index contributed by atoms with van der Waals surface area (Å²) >= 11 is 0. The van der Waals surface area contributed by atoms with Gasteiger partial charge in [0.1, 0.15) is 11.5 Å². The first kappa shape index (κ1) is 23.6. The molecule has 2 fully saturated rings. The summed E-state index contributed by atoms with van der Waals surface area (Å²) in [6.45, 7) is 3.56. The summed E-state index contributed by atoms with van der Waals surface area (Å²) < 4.78 is 38.8. The first-order valence-electron chi connectivity index (χ1n) is 12.1. The van der Waals surface area contributed by atoms with E-state index in [-0.39, 0.29) is 12.0 Å². The van der Waals surface area contributed by atoms with Crippen LogP contribution in [0.3, 0.4) is 0 Å². The quantitative estimate of drug-likeness (QED) is 0.488. The zero-order valence-corrected chi connectivity index (χ0v) is 20.5. The molecular formula is C24H33N5O4S. The fourth-order valence-corrected chi connectivity index (χ4v) is 6.98. The number of pyridine rings is 2. The van der Waals surface area contributed by atoms with E-state index in [9.17, 15) is 8.42 Å². The van der Waals surface area contributed by atoms with E-state index in [1.807, 2.05) is 18.6 Å². The predicted molar refractivity (Wildman–Crippen MR) is 131 cm³/mol. The summed E-state index contributed by atoms with van der Waals surface area (Å²) in [6, 6.07) is 4.17. The van der Waals surface area contributed by atoms with Gasteiger partial charge >= 0.3 is 0 Å². The Labute approximate surface area is 200 Å². The van der Waals surface area contributed by atoms with E-state index in [2.05, 4.69) is 32.0 Å². The summed E-state index contributed by atoms with van der Waals surface area (Å²) in [5.74, 6) is 0.451. The number of aromatic nitrogens is 3. The number of piperidine rings is 2. The van der Waals surface area contributed by atoms with Crippen molar-refractivity contribution in [1.82, 2.24) is 24.2 Å². The highest BCUT2D eigenvalue weighted by atomic mass is 32.2. The molecule has 10 heteroatoms. The lowest BCUT2D eigenvalue weighted by Gasteiger charge is -2.36. The van der Waals surface area contributed by atoms with Crippen molar-refractivity contribution in [2.75, 3.05) is 52.4 Å². The number of likely N-dealkylation sites (tertiary alicyclic amines) is 1. The number of nitrogens with one attached hydrogen (secondary N) is 1. The van der Waals surface area contributed by atoms with Gasteiger partial charge in [0, 0.05) is 43.4 Å². The van der Waals surface area contributed by atoms with Crippen LogP contribution in [0.2, 0.25) is 0 Å². The highest BCUT2D eigenvalue weighted by molar-refractivity contribution is 7.89. The Bertz CT molecular complexity index is 1220. The maximum atomic E-state index is 13.2. The van der Waals surface area contributed by atoms with Gasteiger partial charge in [-0.15, -0.1) is 0 Å². The topological polar surface area (TPSA) is 101 Å². The number of nitrogens with zero attached hydrogens (tertiary/aromatic N) is 4. The van der Waals surface area contributed by atoms with Crippen molar-refractivity contribution in [3.8, 4) is 0 Å². The summed E-state index contributed by atoms with van der Waals surface area (Å²) in [5.41, 5.74) is 3.06. The zero-order valence-electron chi connectivity index (χ0n) is 19.6. The van der Waals surface area contributed by atoms with Crippen molar-refractivity contribution in [3.63, 3.8) is 0 Å². The highest BCUT2D eigenvalue weighted by Gasteiger charge is 2.32. The second kappa shape index (κ2) is 10.2. The lowest BCUT2D eigenvalue weighted by molar-refractivity contribution is -0.00672. The minimum Gasteiger partial charge on any atom is -0.382 e. The molecule has 0 aromatic carbocycles. The van der Waals surface area contributed by atoms with Gasteiger partial charge in [-0.05, 0) is 62.4 Å². The first-order valence-corrected chi connectivity index (χ1v) is 13.7. The number of sulfonamides is 1. The van der Waals surface area contributed by atoms with E-state index in [1.165, 1.54) is 5.56 Å². The van der Waals surface area contributed by atoms with E-state index in [0.29, 0.717) is 32.2 Å². The van der Waals surface area contributed by atoms with Gasteiger partial charge in [0.05, 0.1) is 31.0 Å². The van der Waals surface area contributed by atoms with Crippen molar-refractivity contribution in [2.45, 2.75) is 37.7 Å². The Morgan fingerprint density at radius 1 is 1.12 bits per heavy atom. The maximum Gasteiger partial charge on any atom is 0.227 e. The molecule has 3 aromatic rings. The van der Waals surface area contributed by atoms with Gasteiger partial charge in [-0.1, -0.05) is 0 Å². The average Bonchev–Trinajstić information content (AvgIpc) is 3.34. The number of ether oxygens (including phenoxy) is 2. The van der Waals surface area contributed by atoms with Crippen molar-refractivity contribution in [3.05, 3.63) is 36.3 Å². The van der Waals surface area contributed by atoms with E-state index in [4.69, 9.17) is 9.47 Å². The van der Waals surface area contributed by atoms with Crippen LogP contribution in [0.1, 0.15) is 37.2 Å². The molecule has 1 atom stereocenters. The SMILES string of the molecule is COCCOC1CCCN(S(=O)(=O)CN2CCC(c3ccnc4cnc5[nH]ccc5c34)CC2)C1. The summed E-state index contributed by atoms with van der Waals surface area (Å²) in [4.78, 5) is 14.3. The van der Waals surface area contributed by atoms with Crippen molar-refractivity contribution in [1.29, 1.82) is 0 Å². The molecular weight excluding hydrogens is 454 g/mol. The number of hydrogen-bond acceptors (Lipinski definition) is 7. The minimum atomic E-state index is -3.36. The monoisotopic (exact) mass is 487 g/mol. The third kappa shape index (κ3) is 4.96. The molecule has 2 aliphatic rings. The lowest BCUT2D eigenvalue weighted by atomic mass is 9.87. The van der Waals surface area contributed by atoms with E-state index >= 15 is 0 Å². The molecule has 2 saturated heterocycles. The van der Waals surface area contributed by atoms with Gasteiger partial charge in [-0.3, -0.25) is 9.88 Å². The van der Waals surface area contributed by atoms with E-state index in [0.717, 1.165) is 60.7 Å². The molecule has 0 bridgehead atoms. The van der Waals surface area contributed by atoms with Gasteiger partial charge in [0.15, 0.2) is 0 Å². The van der Waals surface area contributed by atoms with Crippen LogP contribution in [0, 0.1) is 0 Å². The Morgan fingerprint density at radius 2 is 1.97 bits per heavy atom. The van der Waals surface area contributed by atoms with Crippen LogP contribution >= 0.6 is 0 Å². The van der Waals surface area contributed by atoms with Crippen LogP contribution in [0.15, 0.2) is 30.7 Å². The third-order valence-electron chi connectivity index (χ3n) is 7.07. The van der Waals surface area contributed by atoms with Crippen molar-refractivity contribution < 1.29 is 17.9 Å². The molecule has 184 valence electrons. The molecule has 0 aliphatic carbocycles. The number of methoxy groups -OCH3 is 1. The molecule has 0 radical (unpaired) electrons. The fraction of sp³-hybridized carbons (Fsp3) is 0.583. The summed E-state index contributed by atoms with van der Waals surface area (Å²) in [6.07, 6.45) is 9.11. The van der Waals surface area contributed by atoms with Crippen LogP contribution in [-0.4, -0.2) is 91.1 Å². The number of hydrogen-bond donors (Lipinski definition) is 1. The third-order valence-corrected chi connectivity index (χ3v) is 8.88. The van der Waals surface area contributed by atoms with Crippen LogP contribution < -0.4 is 0 Å². The van der Waals surface area contributed by atoms with Gasteiger partial charge in [0.2, 0.25) is 10.0 Å². The molecule has 1 N–H and O–H groups in total. The maximum absolute atomic E-state index is 13.2. The second-order valence-corrected chi connectivity index (χ2v) is 11.2. The predicted octanol–water partition coefficient (Wildman–Crippen LogP) is 2.71. The minimum absolute atomic E-state index is 0.0517. The van der Waals surface area contributed by atoms with E-state index in [1.54, 1.807) is 11.4 Å². The molecule has 0 spiro atoms. The molecule has 0 saturated carbocycles. The Hall–Kier alpha value is -2.11. The van der Waals surface area contributed by atoms with Gasteiger partial charge in [-0.25, -0.2) is 13.4 Å². The fourth-order valence-electron chi connectivity index (χ4n) is 5.30. The van der Waals surface area contributed by atoms with Crippen LogP contribution in [0.25, 0.3) is 21.9 Å². The molecule has 5 rings (SSSR count). The number of fused-ring (bicyclic) bond motifs is 3. The lowest BCUT2D eigenvalue weighted by Crippen LogP contribution is -2.48. The normalized spacial score (nSPS) is 21.5. The van der Waals surface area contributed by atoms with Crippen LogP contribution in [0.4, 0.5) is 0 Å². The molecule has 34 heavy (non-hydrogen) atoms. The smallest absolute Gasteiger partial charge is 0.227 e. The standard InChI is InChI=1S/C24H33N5O4S/c1-32-13-14-33-19-3-2-10-29(16-19)34(30,31)17-28-11-6-18(7-12-28)20-4-8-25-22-15-27-24-21(23(20)22)5-9-26-24/h4-5,8-9,15,18-19H,2-3,6-7,10-14,16-17H2,1H3,(H,26,27). The zero-order chi connectivity index (χ0) is 23.5. The molecule has 9 nitrogen and oxygen atoms in total. The number of aromatic amines is 1. The molecule has 0 amide bonds. The van der Waals surface area contributed by atoms with E-state index < -0.39 is 10.0 Å². The van der Waals surface area contributed by atoms with Crippen LogP contribution in [-0.2, 0) is 19.5 Å². The Morgan fingerprint density at radius 3 is 2.79 bits per heavy atom. The van der Waals surface area contributed by atoms with Gasteiger partial charge < -0.3 is 14.5 Å². The van der Waals surface area contributed by atoms with Gasteiger partial charge in [0.25, 0.3) is 0 Å². The number of H-pyrrole nitrogens is 1. The molecule has 3 aromatic heterocycles. The largest absolute Gasteiger partial charge is 0.382 e. The van der Waals surface area contributed by atoms with Crippen molar-refractivity contribution in [2.24, 2.45) is 0 Å².